The molecule has 4 rings (SSSR count). The lowest BCUT2D eigenvalue weighted by Crippen LogP contribution is -2.44. The van der Waals surface area contributed by atoms with Crippen LogP contribution in [-0.2, 0) is 16.1 Å². The second-order valence-electron chi connectivity index (χ2n) is 7.12. The molecule has 32 heavy (non-hydrogen) atoms. The van der Waals surface area contributed by atoms with Crippen molar-refractivity contribution >= 4 is 63.3 Å². The monoisotopic (exact) mass is 483 g/mol. The van der Waals surface area contributed by atoms with Crippen molar-refractivity contribution < 1.29 is 9.59 Å². The van der Waals surface area contributed by atoms with Crippen LogP contribution in [0.3, 0.4) is 0 Å². The second kappa shape index (κ2) is 10.2. The quantitative estimate of drug-likeness (QED) is 0.472. The molecule has 1 unspecified atom stereocenters. The van der Waals surface area contributed by atoms with Gasteiger partial charge in [-0.1, -0.05) is 83.5 Å². The Bertz CT molecular complexity index is 1170. The number of aliphatic imine (C=N–C) groups is 1. The van der Waals surface area contributed by atoms with Gasteiger partial charge in [-0.3, -0.25) is 14.5 Å². The van der Waals surface area contributed by atoms with E-state index < -0.39 is 5.25 Å². The molecule has 1 atom stereocenters. The number of nitrogens with zero attached hydrogens (tertiary/aromatic N) is 2. The third-order valence-electron chi connectivity index (χ3n) is 4.78. The molecule has 1 aliphatic rings. The van der Waals surface area contributed by atoms with Gasteiger partial charge >= 0.3 is 0 Å². The number of amides is 2. The Morgan fingerprint density at radius 2 is 1.78 bits per heavy atom. The molecular weight excluding hydrogens is 465 g/mol. The summed E-state index contributed by atoms with van der Waals surface area (Å²) in [5.74, 6) is -0.470. The fourth-order valence-electron chi connectivity index (χ4n) is 3.19. The van der Waals surface area contributed by atoms with E-state index in [2.05, 4.69) is 10.3 Å². The standard InChI is InChI=1S/C24H19Cl2N3O2S/c25-17-9-6-10-18(13-17)27-24-29(15-16-7-2-1-3-8-16)22(30)14-21(32-24)23(31)28-20-12-5-4-11-19(20)26/h1-13,21H,14-15H2,(H,28,31). The van der Waals surface area contributed by atoms with Gasteiger partial charge in [0, 0.05) is 11.4 Å². The molecule has 1 fully saturated rings. The van der Waals surface area contributed by atoms with E-state index in [0.717, 1.165) is 5.56 Å². The number of amidine groups is 1. The number of hydrogen-bond acceptors (Lipinski definition) is 4. The smallest absolute Gasteiger partial charge is 0.238 e. The van der Waals surface area contributed by atoms with Crippen LogP contribution in [0.15, 0.2) is 83.9 Å². The largest absolute Gasteiger partial charge is 0.324 e. The van der Waals surface area contributed by atoms with Crippen LogP contribution < -0.4 is 5.32 Å². The fraction of sp³-hybridized carbons (Fsp3) is 0.125. The van der Waals surface area contributed by atoms with Gasteiger partial charge in [-0.05, 0) is 35.9 Å². The SMILES string of the molecule is O=C(Nc1ccccc1Cl)C1CC(=O)N(Cc2ccccc2)C(=Nc2cccc(Cl)c2)S1. The highest BCUT2D eigenvalue weighted by atomic mass is 35.5. The minimum absolute atomic E-state index is 0.0579. The lowest BCUT2D eigenvalue weighted by atomic mass is 10.2. The van der Waals surface area contributed by atoms with Gasteiger partial charge in [0.15, 0.2) is 5.17 Å². The molecule has 162 valence electrons. The first-order chi connectivity index (χ1) is 15.5. The number of anilines is 1. The first-order valence-corrected chi connectivity index (χ1v) is 11.5. The Morgan fingerprint density at radius 1 is 1.03 bits per heavy atom. The van der Waals surface area contributed by atoms with E-state index in [-0.39, 0.29) is 18.2 Å². The molecular formula is C24H19Cl2N3O2S. The van der Waals surface area contributed by atoms with Gasteiger partial charge < -0.3 is 5.32 Å². The Morgan fingerprint density at radius 3 is 2.53 bits per heavy atom. The maximum atomic E-state index is 13.1. The molecule has 0 spiro atoms. The van der Waals surface area contributed by atoms with Gasteiger partial charge in [-0.2, -0.15) is 0 Å². The molecule has 1 saturated heterocycles. The number of nitrogens with one attached hydrogen (secondary N) is 1. The van der Waals surface area contributed by atoms with Crippen LogP contribution in [0, 0.1) is 0 Å². The van der Waals surface area contributed by atoms with Crippen LogP contribution in [0.25, 0.3) is 0 Å². The summed E-state index contributed by atoms with van der Waals surface area (Å²) >= 11 is 13.5. The maximum Gasteiger partial charge on any atom is 0.238 e. The number of rotatable bonds is 5. The predicted octanol–water partition coefficient (Wildman–Crippen LogP) is 6.15. The summed E-state index contributed by atoms with van der Waals surface area (Å²) in [4.78, 5) is 32.3. The van der Waals surface area contributed by atoms with E-state index in [1.165, 1.54) is 11.8 Å². The molecule has 0 aliphatic carbocycles. The minimum atomic E-state index is -0.635. The van der Waals surface area contributed by atoms with Crippen LogP contribution in [0.2, 0.25) is 10.0 Å². The maximum absolute atomic E-state index is 13.1. The number of hydrogen-bond donors (Lipinski definition) is 1. The number of carbonyl (C=O) groups excluding carboxylic acids is 2. The summed E-state index contributed by atoms with van der Waals surface area (Å²) in [6, 6.07) is 23.7. The van der Waals surface area contributed by atoms with Crippen molar-refractivity contribution in [3.05, 3.63) is 94.5 Å². The van der Waals surface area contributed by atoms with Crippen molar-refractivity contribution in [1.82, 2.24) is 4.90 Å². The Hall–Kier alpha value is -2.80. The summed E-state index contributed by atoms with van der Waals surface area (Å²) in [5, 5.41) is 3.61. The third-order valence-corrected chi connectivity index (χ3v) is 6.53. The zero-order valence-electron chi connectivity index (χ0n) is 16.9. The molecule has 1 heterocycles. The molecule has 0 saturated carbocycles. The van der Waals surface area contributed by atoms with E-state index in [1.807, 2.05) is 30.3 Å². The third kappa shape index (κ3) is 5.51. The van der Waals surface area contributed by atoms with E-state index in [0.29, 0.717) is 33.1 Å². The van der Waals surface area contributed by atoms with Crippen LogP contribution in [0.1, 0.15) is 12.0 Å². The number of halogens is 2. The fourth-order valence-corrected chi connectivity index (χ4v) is 4.66. The molecule has 3 aromatic carbocycles. The summed E-state index contributed by atoms with van der Waals surface area (Å²) in [6.45, 7) is 0.366. The molecule has 3 aromatic rings. The van der Waals surface area contributed by atoms with E-state index >= 15 is 0 Å². The Balaban J connectivity index is 1.61. The van der Waals surface area contributed by atoms with Crippen molar-refractivity contribution in [2.75, 3.05) is 5.32 Å². The molecule has 1 aliphatic heterocycles. The second-order valence-corrected chi connectivity index (χ2v) is 9.13. The zero-order chi connectivity index (χ0) is 22.5. The lowest BCUT2D eigenvalue weighted by Gasteiger charge is -2.32. The van der Waals surface area contributed by atoms with Crippen molar-refractivity contribution in [1.29, 1.82) is 0 Å². The minimum Gasteiger partial charge on any atom is -0.324 e. The molecule has 2 amide bonds. The molecule has 0 radical (unpaired) electrons. The molecule has 5 nitrogen and oxygen atoms in total. The average molecular weight is 484 g/mol. The summed E-state index contributed by atoms with van der Waals surface area (Å²) in [6.07, 6.45) is 0.0579. The van der Waals surface area contributed by atoms with Gasteiger partial charge in [0.2, 0.25) is 11.8 Å². The van der Waals surface area contributed by atoms with Crippen LogP contribution in [0.4, 0.5) is 11.4 Å². The summed E-state index contributed by atoms with van der Waals surface area (Å²) in [7, 11) is 0. The highest BCUT2D eigenvalue weighted by Crippen LogP contribution is 2.32. The average Bonchev–Trinajstić information content (AvgIpc) is 2.78. The Labute approximate surface area is 200 Å². The molecule has 0 bridgehead atoms. The van der Waals surface area contributed by atoms with Crippen molar-refractivity contribution in [3.8, 4) is 0 Å². The van der Waals surface area contributed by atoms with E-state index in [9.17, 15) is 9.59 Å². The number of carbonyl (C=O) groups is 2. The van der Waals surface area contributed by atoms with Crippen molar-refractivity contribution in [3.63, 3.8) is 0 Å². The predicted molar refractivity (Wildman–Crippen MR) is 132 cm³/mol. The van der Waals surface area contributed by atoms with E-state index in [4.69, 9.17) is 23.2 Å². The summed E-state index contributed by atoms with van der Waals surface area (Å²) in [5.41, 5.74) is 2.09. The van der Waals surface area contributed by atoms with Gasteiger partial charge in [-0.25, -0.2) is 4.99 Å². The van der Waals surface area contributed by atoms with Crippen LogP contribution in [0.5, 0.6) is 0 Å². The van der Waals surface area contributed by atoms with E-state index in [1.54, 1.807) is 53.4 Å². The van der Waals surface area contributed by atoms with Crippen molar-refractivity contribution in [2.24, 2.45) is 4.99 Å². The first-order valence-electron chi connectivity index (χ1n) is 9.90. The number of benzene rings is 3. The number of para-hydroxylation sites is 1. The zero-order valence-corrected chi connectivity index (χ0v) is 19.2. The molecule has 8 heteroatoms. The topological polar surface area (TPSA) is 61.8 Å². The van der Waals surface area contributed by atoms with Gasteiger partial charge in [0.25, 0.3) is 0 Å². The summed E-state index contributed by atoms with van der Waals surface area (Å²) < 4.78 is 0. The molecule has 1 N–H and O–H groups in total. The van der Waals surface area contributed by atoms with Gasteiger partial charge in [-0.15, -0.1) is 0 Å². The van der Waals surface area contributed by atoms with Crippen LogP contribution in [-0.4, -0.2) is 27.1 Å². The van der Waals surface area contributed by atoms with Gasteiger partial charge in [0.05, 0.1) is 22.9 Å². The normalized spacial score (nSPS) is 17.4. The molecule has 0 aromatic heterocycles. The Kier molecular flexibility index (Phi) is 7.15. The first kappa shape index (κ1) is 22.4. The number of thioether (sulfide) groups is 1. The van der Waals surface area contributed by atoms with Gasteiger partial charge in [0.1, 0.15) is 5.25 Å². The van der Waals surface area contributed by atoms with Crippen LogP contribution >= 0.6 is 35.0 Å². The highest BCUT2D eigenvalue weighted by molar-refractivity contribution is 8.15. The van der Waals surface area contributed by atoms with Crippen molar-refractivity contribution in [2.45, 2.75) is 18.2 Å². The lowest BCUT2D eigenvalue weighted by molar-refractivity contribution is -0.129. The highest BCUT2D eigenvalue weighted by Gasteiger charge is 2.36.